The van der Waals surface area contributed by atoms with E-state index in [1.165, 1.54) is 19.2 Å². The second-order valence-corrected chi connectivity index (χ2v) is 10.2. The molecule has 3 aromatic carbocycles. The van der Waals surface area contributed by atoms with E-state index in [9.17, 15) is 13.2 Å². The molecule has 0 spiro atoms. The van der Waals surface area contributed by atoms with Crippen LogP contribution in [-0.4, -0.2) is 45.6 Å². The summed E-state index contributed by atoms with van der Waals surface area (Å²) in [6, 6.07) is 20.1. The number of amides is 1. The zero-order valence-corrected chi connectivity index (χ0v) is 20.0. The van der Waals surface area contributed by atoms with E-state index in [1.807, 2.05) is 48.5 Å². The van der Waals surface area contributed by atoms with Gasteiger partial charge in [0, 0.05) is 13.0 Å². The van der Waals surface area contributed by atoms with E-state index >= 15 is 0 Å². The molecule has 2 heterocycles. The zero-order valence-electron chi connectivity index (χ0n) is 19.2. The average Bonchev–Trinajstić information content (AvgIpc) is 3.17. The highest BCUT2D eigenvalue weighted by Crippen LogP contribution is 2.40. The lowest BCUT2D eigenvalue weighted by atomic mass is 9.99. The topological polar surface area (TPSA) is 94.2 Å². The molecule has 0 radical (unpaired) electrons. The summed E-state index contributed by atoms with van der Waals surface area (Å²) >= 11 is 0. The van der Waals surface area contributed by atoms with Crippen molar-refractivity contribution >= 4 is 15.9 Å². The largest absolute Gasteiger partial charge is 0.497 e. The van der Waals surface area contributed by atoms with Crippen molar-refractivity contribution in [1.82, 2.24) is 9.62 Å². The number of hydrogen-bond acceptors (Lipinski definition) is 6. The summed E-state index contributed by atoms with van der Waals surface area (Å²) in [5.41, 5.74) is 1.74. The van der Waals surface area contributed by atoms with E-state index in [1.54, 1.807) is 17.0 Å². The molecule has 3 aromatic rings. The van der Waals surface area contributed by atoms with Crippen LogP contribution in [0.15, 0.2) is 77.7 Å². The van der Waals surface area contributed by atoms with Gasteiger partial charge < -0.3 is 19.1 Å². The summed E-state index contributed by atoms with van der Waals surface area (Å²) in [5, 5.41) is 0. The Kier molecular flexibility index (Phi) is 6.36. The molecule has 2 aliphatic rings. The second-order valence-electron chi connectivity index (χ2n) is 8.46. The van der Waals surface area contributed by atoms with Gasteiger partial charge in [-0.1, -0.05) is 36.4 Å². The number of nitrogens with one attached hydrogen (secondary N) is 1. The SMILES string of the molecule is COc1ccc(S(=O)(=O)NC2CC(=O)N(Cc3ccccc3)C2c2ccc3c(c2)OCCO3)cc1. The molecular formula is C26H26N2O6S. The molecule has 1 fully saturated rings. The fourth-order valence-electron chi connectivity index (χ4n) is 4.54. The first-order chi connectivity index (χ1) is 16.9. The molecule has 9 heteroatoms. The Labute approximate surface area is 204 Å². The van der Waals surface area contributed by atoms with Gasteiger partial charge in [0.1, 0.15) is 19.0 Å². The zero-order chi connectivity index (χ0) is 24.4. The van der Waals surface area contributed by atoms with E-state index in [0.717, 1.165) is 11.1 Å². The van der Waals surface area contributed by atoms with Crippen molar-refractivity contribution in [3.05, 3.63) is 83.9 Å². The molecule has 5 rings (SSSR count). The van der Waals surface area contributed by atoms with Crippen LogP contribution in [0.5, 0.6) is 17.2 Å². The van der Waals surface area contributed by atoms with E-state index < -0.39 is 22.1 Å². The molecule has 0 aliphatic carbocycles. The van der Waals surface area contributed by atoms with E-state index in [-0.39, 0.29) is 17.2 Å². The summed E-state index contributed by atoms with van der Waals surface area (Å²) in [5.74, 6) is 1.65. The molecule has 0 aromatic heterocycles. The smallest absolute Gasteiger partial charge is 0.240 e. The Balaban J connectivity index is 1.49. The number of hydrogen-bond donors (Lipinski definition) is 1. The van der Waals surface area contributed by atoms with Gasteiger partial charge >= 0.3 is 0 Å². The Bertz CT molecular complexity index is 1310. The van der Waals surface area contributed by atoms with Gasteiger partial charge in [-0.2, -0.15) is 0 Å². The quantitative estimate of drug-likeness (QED) is 0.542. The summed E-state index contributed by atoms with van der Waals surface area (Å²) < 4.78 is 45.8. The van der Waals surface area contributed by atoms with Crippen LogP contribution >= 0.6 is 0 Å². The first-order valence-corrected chi connectivity index (χ1v) is 12.8. The maximum atomic E-state index is 13.2. The average molecular weight is 495 g/mol. The standard InChI is InChI=1S/C26H26N2O6S/c1-32-20-8-10-21(11-9-20)35(30,31)27-22-16-25(29)28(17-18-5-3-2-4-6-18)26(22)19-7-12-23-24(15-19)34-14-13-33-23/h2-12,15,22,26-27H,13-14,16-17H2,1H3. The van der Waals surface area contributed by atoms with Crippen LogP contribution < -0.4 is 18.9 Å². The van der Waals surface area contributed by atoms with Gasteiger partial charge in [0.15, 0.2) is 11.5 Å². The van der Waals surface area contributed by atoms with Gasteiger partial charge in [0.05, 0.1) is 24.1 Å². The Morgan fingerprint density at radius 3 is 2.40 bits per heavy atom. The molecule has 35 heavy (non-hydrogen) atoms. The summed E-state index contributed by atoms with van der Waals surface area (Å²) in [7, 11) is -2.37. The van der Waals surface area contributed by atoms with Crippen LogP contribution in [0.25, 0.3) is 0 Å². The van der Waals surface area contributed by atoms with Crippen molar-refractivity contribution in [2.75, 3.05) is 20.3 Å². The normalized spacial score (nSPS) is 19.6. The Morgan fingerprint density at radius 1 is 0.971 bits per heavy atom. The van der Waals surface area contributed by atoms with Crippen LogP contribution in [0.1, 0.15) is 23.6 Å². The first-order valence-electron chi connectivity index (χ1n) is 11.3. The number of benzene rings is 3. The number of sulfonamides is 1. The molecule has 2 aliphatic heterocycles. The van der Waals surface area contributed by atoms with Crippen LogP contribution in [0.3, 0.4) is 0 Å². The third-order valence-corrected chi connectivity index (χ3v) is 7.72. The number of nitrogens with zero attached hydrogens (tertiary/aromatic N) is 1. The fourth-order valence-corrected chi connectivity index (χ4v) is 5.78. The highest BCUT2D eigenvalue weighted by Gasteiger charge is 2.43. The van der Waals surface area contributed by atoms with E-state index in [0.29, 0.717) is 37.0 Å². The molecule has 0 bridgehead atoms. The minimum absolute atomic E-state index is 0.0430. The van der Waals surface area contributed by atoms with Crippen LogP contribution in [0.2, 0.25) is 0 Å². The monoisotopic (exact) mass is 494 g/mol. The van der Waals surface area contributed by atoms with Gasteiger partial charge in [-0.05, 0) is 47.5 Å². The molecule has 1 N–H and O–H groups in total. The van der Waals surface area contributed by atoms with E-state index in [4.69, 9.17) is 14.2 Å². The summed E-state index contributed by atoms with van der Waals surface area (Å²) in [6.45, 7) is 1.26. The second kappa shape index (κ2) is 9.59. The van der Waals surface area contributed by atoms with Crippen molar-refractivity contribution in [2.45, 2.75) is 29.9 Å². The molecule has 0 saturated carbocycles. The number of ether oxygens (including phenoxy) is 3. The number of methoxy groups -OCH3 is 1. The Morgan fingerprint density at radius 2 is 1.69 bits per heavy atom. The maximum absolute atomic E-state index is 13.2. The third-order valence-electron chi connectivity index (χ3n) is 6.21. The number of carbonyl (C=O) groups excluding carboxylic acids is 1. The van der Waals surface area contributed by atoms with Crippen LogP contribution in [0, 0.1) is 0 Å². The number of carbonyl (C=O) groups is 1. The predicted molar refractivity (Wildman–Crippen MR) is 129 cm³/mol. The summed E-state index contributed by atoms with van der Waals surface area (Å²) in [4.78, 5) is 15.0. The first kappa shape index (κ1) is 23.2. The lowest BCUT2D eigenvalue weighted by molar-refractivity contribution is -0.129. The molecule has 2 atom stereocenters. The van der Waals surface area contributed by atoms with Gasteiger partial charge in [-0.25, -0.2) is 13.1 Å². The molecule has 8 nitrogen and oxygen atoms in total. The minimum atomic E-state index is -3.89. The molecule has 182 valence electrons. The molecule has 1 amide bonds. The number of rotatable bonds is 7. The summed E-state index contributed by atoms with van der Waals surface area (Å²) in [6.07, 6.45) is 0.0430. The van der Waals surface area contributed by atoms with Gasteiger partial charge in [-0.3, -0.25) is 4.79 Å². The molecule has 1 saturated heterocycles. The van der Waals surface area contributed by atoms with Crippen molar-refractivity contribution in [3.63, 3.8) is 0 Å². The highest BCUT2D eigenvalue weighted by atomic mass is 32.2. The van der Waals surface area contributed by atoms with E-state index in [2.05, 4.69) is 4.72 Å². The van der Waals surface area contributed by atoms with Crippen molar-refractivity contribution in [3.8, 4) is 17.2 Å². The van der Waals surface area contributed by atoms with Gasteiger partial charge in [0.25, 0.3) is 0 Å². The van der Waals surface area contributed by atoms with Crippen molar-refractivity contribution < 1.29 is 27.4 Å². The number of fused-ring (bicyclic) bond motifs is 1. The molecule has 2 unspecified atom stereocenters. The lowest BCUT2D eigenvalue weighted by Crippen LogP contribution is -2.39. The Hall–Kier alpha value is -3.56. The van der Waals surface area contributed by atoms with Gasteiger partial charge in [0.2, 0.25) is 15.9 Å². The van der Waals surface area contributed by atoms with Crippen LogP contribution in [0.4, 0.5) is 0 Å². The fraction of sp³-hybridized carbons (Fsp3) is 0.269. The van der Waals surface area contributed by atoms with Gasteiger partial charge in [-0.15, -0.1) is 0 Å². The van der Waals surface area contributed by atoms with Crippen LogP contribution in [-0.2, 0) is 21.4 Å². The maximum Gasteiger partial charge on any atom is 0.240 e. The molecular weight excluding hydrogens is 468 g/mol. The third kappa shape index (κ3) is 4.82. The lowest BCUT2D eigenvalue weighted by Gasteiger charge is -2.30. The minimum Gasteiger partial charge on any atom is -0.497 e. The van der Waals surface area contributed by atoms with Crippen molar-refractivity contribution in [1.29, 1.82) is 0 Å². The van der Waals surface area contributed by atoms with Crippen molar-refractivity contribution in [2.24, 2.45) is 0 Å². The predicted octanol–water partition coefficient (Wildman–Crippen LogP) is 3.29. The highest BCUT2D eigenvalue weighted by molar-refractivity contribution is 7.89. The number of likely N-dealkylation sites (tertiary alicyclic amines) is 1.